The maximum atomic E-state index is 12.3. The molecule has 0 radical (unpaired) electrons. The Bertz CT molecular complexity index is 869. The van der Waals surface area contributed by atoms with Crippen molar-refractivity contribution < 1.29 is 22.7 Å². The van der Waals surface area contributed by atoms with E-state index in [-0.39, 0.29) is 4.90 Å². The minimum Gasteiger partial charge on any atom is -0.493 e. The van der Waals surface area contributed by atoms with Crippen LogP contribution in [0.15, 0.2) is 53.4 Å². The molecule has 0 heterocycles. The standard InChI is InChI=1S/C19H24N2O5S/c1-14(21-27(23,24)16-7-5-4-6-8-16)19(22)20-12-11-15-9-10-17(25-2)18(13-15)26-3/h4-10,13-14,21H,11-12H2,1-3H3,(H,20,22)/t14-/m0/s1. The summed E-state index contributed by atoms with van der Waals surface area (Å²) >= 11 is 0. The highest BCUT2D eigenvalue weighted by atomic mass is 32.2. The molecule has 8 heteroatoms. The van der Waals surface area contributed by atoms with Gasteiger partial charge in [-0.1, -0.05) is 24.3 Å². The van der Waals surface area contributed by atoms with Crippen molar-refractivity contribution in [2.75, 3.05) is 20.8 Å². The van der Waals surface area contributed by atoms with E-state index in [1.165, 1.54) is 19.1 Å². The SMILES string of the molecule is COc1ccc(CCNC(=O)[C@H](C)NS(=O)(=O)c2ccccc2)cc1OC. The molecule has 1 atom stereocenters. The van der Waals surface area contributed by atoms with Gasteiger partial charge in [0, 0.05) is 6.54 Å². The lowest BCUT2D eigenvalue weighted by Crippen LogP contribution is -2.45. The smallest absolute Gasteiger partial charge is 0.241 e. The molecule has 2 rings (SSSR count). The summed E-state index contributed by atoms with van der Waals surface area (Å²) in [6, 6.07) is 12.6. The number of ether oxygens (including phenoxy) is 2. The molecular formula is C19H24N2O5S. The molecular weight excluding hydrogens is 368 g/mol. The third-order valence-corrected chi connectivity index (χ3v) is 5.50. The highest BCUT2D eigenvalue weighted by molar-refractivity contribution is 7.89. The van der Waals surface area contributed by atoms with Gasteiger partial charge in [-0.15, -0.1) is 0 Å². The Hall–Kier alpha value is -2.58. The topological polar surface area (TPSA) is 93.7 Å². The van der Waals surface area contributed by atoms with Crippen molar-refractivity contribution >= 4 is 15.9 Å². The number of amides is 1. The van der Waals surface area contributed by atoms with Crippen LogP contribution in [-0.2, 0) is 21.2 Å². The lowest BCUT2D eigenvalue weighted by atomic mass is 10.1. The van der Waals surface area contributed by atoms with E-state index in [9.17, 15) is 13.2 Å². The zero-order chi connectivity index (χ0) is 19.9. The highest BCUT2D eigenvalue weighted by Gasteiger charge is 2.21. The van der Waals surface area contributed by atoms with Gasteiger partial charge in [0.2, 0.25) is 15.9 Å². The molecule has 0 aromatic heterocycles. The minimum absolute atomic E-state index is 0.120. The van der Waals surface area contributed by atoms with Crippen LogP contribution in [-0.4, -0.2) is 41.1 Å². The third-order valence-electron chi connectivity index (χ3n) is 3.94. The molecule has 0 fully saturated rings. The third kappa shape index (κ3) is 5.70. The van der Waals surface area contributed by atoms with E-state index in [4.69, 9.17) is 9.47 Å². The molecule has 0 saturated carbocycles. The summed E-state index contributed by atoms with van der Waals surface area (Å²) in [7, 11) is -0.615. The second-order valence-electron chi connectivity index (χ2n) is 5.89. The van der Waals surface area contributed by atoms with Gasteiger partial charge in [-0.05, 0) is 43.2 Å². The zero-order valence-electron chi connectivity index (χ0n) is 15.6. The Kier molecular flexibility index (Phi) is 7.20. The summed E-state index contributed by atoms with van der Waals surface area (Å²) in [6.45, 7) is 1.87. The van der Waals surface area contributed by atoms with E-state index in [1.807, 2.05) is 12.1 Å². The van der Waals surface area contributed by atoms with Gasteiger partial charge < -0.3 is 14.8 Å². The molecule has 0 spiro atoms. The van der Waals surface area contributed by atoms with Gasteiger partial charge in [-0.3, -0.25) is 4.79 Å². The number of sulfonamides is 1. The summed E-state index contributed by atoms with van der Waals surface area (Å²) in [5.74, 6) is 0.856. The lowest BCUT2D eigenvalue weighted by Gasteiger charge is -2.15. The van der Waals surface area contributed by atoms with Crippen LogP contribution in [0.2, 0.25) is 0 Å². The van der Waals surface area contributed by atoms with Crippen LogP contribution in [0, 0.1) is 0 Å². The van der Waals surface area contributed by atoms with Gasteiger partial charge in [0.05, 0.1) is 25.2 Å². The van der Waals surface area contributed by atoms with Crippen molar-refractivity contribution in [3.63, 3.8) is 0 Å². The first-order valence-corrected chi connectivity index (χ1v) is 9.91. The molecule has 2 N–H and O–H groups in total. The van der Waals surface area contributed by atoms with Crippen LogP contribution in [0.4, 0.5) is 0 Å². The number of carbonyl (C=O) groups is 1. The average molecular weight is 392 g/mol. The van der Waals surface area contributed by atoms with Gasteiger partial charge >= 0.3 is 0 Å². The summed E-state index contributed by atoms with van der Waals surface area (Å²) in [4.78, 5) is 12.3. The van der Waals surface area contributed by atoms with Crippen molar-refractivity contribution in [2.45, 2.75) is 24.3 Å². The maximum absolute atomic E-state index is 12.3. The summed E-state index contributed by atoms with van der Waals surface area (Å²) < 4.78 is 37.3. The molecule has 2 aromatic carbocycles. The van der Waals surface area contributed by atoms with E-state index in [0.717, 1.165) is 5.56 Å². The second kappa shape index (κ2) is 9.38. The number of rotatable bonds is 9. The first kappa shape index (κ1) is 20.7. The lowest BCUT2D eigenvalue weighted by molar-refractivity contribution is -0.122. The fraction of sp³-hybridized carbons (Fsp3) is 0.316. The van der Waals surface area contributed by atoms with Gasteiger partial charge in [0.1, 0.15) is 0 Å². The normalized spacial score (nSPS) is 12.3. The van der Waals surface area contributed by atoms with Gasteiger partial charge in [0.15, 0.2) is 11.5 Å². The monoisotopic (exact) mass is 392 g/mol. The number of hydrogen-bond acceptors (Lipinski definition) is 5. The first-order valence-electron chi connectivity index (χ1n) is 8.43. The molecule has 0 saturated heterocycles. The number of nitrogens with one attached hydrogen (secondary N) is 2. The first-order chi connectivity index (χ1) is 12.9. The van der Waals surface area contributed by atoms with E-state index in [2.05, 4.69) is 10.0 Å². The van der Waals surface area contributed by atoms with Gasteiger partial charge in [0.25, 0.3) is 0 Å². The van der Waals surface area contributed by atoms with Crippen LogP contribution in [0.5, 0.6) is 11.5 Å². The van der Waals surface area contributed by atoms with Crippen LogP contribution in [0.1, 0.15) is 12.5 Å². The molecule has 0 aliphatic rings. The van der Waals surface area contributed by atoms with E-state index in [1.54, 1.807) is 38.5 Å². The second-order valence-corrected chi connectivity index (χ2v) is 7.60. The van der Waals surface area contributed by atoms with Crippen LogP contribution >= 0.6 is 0 Å². The van der Waals surface area contributed by atoms with Crippen molar-refractivity contribution in [1.82, 2.24) is 10.0 Å². The van der Waals surface area contributed by atoms with Crippen molar-refractivity contribution in [1.29, 1.82) is 0 Å². The fourth-order valence-corrected chi connectivity index (χ4v) is 3.70. The molecule has 1 amide bonds. The Morgan fingerprint density at radius 2 is 1.70 bits per heavy atom. The number of benzene rings is 2. The van der Waals surface area contributed by atoms with Crippen LogP contribution in [0.25, 0.3) is 0 Å². The fourth-order valence-electron chi connectivity index (χ4n) is 2.47. The Balaban J connectivity index is 1.88. The van der Waals surface area contributed by atoms with Crippen molar-refractivity contribution in [3.05, 3.63) is 54.1 Å². The van der Waals surface area contributed by atoms with Crippen LogP contribution < -0.4 is 19.5 Å². The Morgan fingerprint density at radius 1 is 1.04 bits per heavy atom. The summed E-state index contributed by atoms with van der Waals surface area (Å²) in [5, 5.41) is 2.73. The molecule has 7 nitrogen and oxygen atoms in total. The minimum atomic E-state index is -3.74. The Labute approximate surface area is 159 Å². The van der Waals surface area contributed by atoms with Gasteiger partial charge in [-0.2, -0.15) is 4.72 Å². The molecule has 0 aliphatic heterocycles. The van der Waals surface area contributed by atoms with E-state index < -0.39 is 22.0 Å². The number of methoxy groups -OCH3 is 2. The van der Waals surface area contributed by atoms with E-state index in [0.29, 0.717) is 24.5 Å². The van der Waals surface area contributed by atoms with Crippen molar-refractivity contribution in [3.8, 4) is 11.5 Å². The maximum Gasteiger partial charge on any atom is 0.241 e. The molecule has 0 aliphatic carbocycles. The highest BCUT2D eigenvalue weighted by Crippen LogP contribution is 2.27. The summed E-state index contributed by atoms with van der Waals surface area (Å²) in [6.07, 6.45) is 0.574. The molecule has 27 heavy (non-hydrogen) atoms. The molecule has 146 valence electrons. The molecule has 0 bridgehead atoms. The predicted molar refractivity (Wildman–Crippen MR) is 102 cm³/mol. The Morgan fingerprint density at radius 3 is 2.33 bits per heavy atom. The number of hydrogen-bond donors (Lipinski definition) is 2. The molecule has 0 unspecified atom stereocenters. The van der Waals surface area contributed by atoms with Crippen molar-refractivity contribution in [2.24, 2.45) is 0 Å². The quantitative estimate of drug-likeness (QED) is 0.678. The largest absolute Gasteiger partial charge is 0.493 e. The number of carbonyl (C=O) groups excluding carboxylic acids is 1. The summed E-state index contributed by atoms with van der Waals surface area (Å²) in [5.41, 5.74) is 0.963. The van der Waals surface area contributed by atoms with E-state index >= 15 is 0 Å². The zero-order valence-corrected chi connectivity index (χ0v) is 16.4. The van der Waals surface area contributed by atoms with Crippen LogP contribution in [0.3, 0.4) is 0 Å². The van der Waals surface area contributed by atoms with Gasteiger partial charge in [-0.25, -0.2) is 8.42 Å². The molecule has 2 aromatic rings. The average Bonchev–Trinajstić information content (AvgIpc) is 2.68. The predicted octanol–water partition coefficient (Wildman–Crippen LogP) is 1.73.